The van der Waals surface area contributed by atoms with Gasteiger partial charge in [0.2, 0.25) is 0 Å². The first kappa shape index (κ1) is 17.0. The Hall–Kier alpha value is -0.0500. The molecule has 108 valence electrons. The van der Waals surface area contributed by atoms with E-state index >= 15 is 0 Å². The number of benzene rings is 1. The summed E-state index contributed by atoms with van der Waals surface area (Å²) in [4.78, 5) is 0. The summed E-state index contributed by atoms with van der Waals surface area (Å²) >= 11 is 16.3. The molecular weight excluding hydrogens is 299 g/mol. The molecule has 1 rings (SSSR count). The van der Waals surface area contributed by atoms with Gasteiger partial charge in [0.15, 0.2) is 5.75 Å². The first-order chi connectivity index (χ1) is 9.25. The monoisotopic (exact) mass is 320 g/mol. The Morgan fingerprint density at radius 1 is 0.842 bits per heavy atom. The van der Waals surface area contributed by atoms with Crippen LogP contribution in [0.1, 0.15) is 44.9 Å². The molecule has 1 aromatic rings. The highest BCUT2D eigenvalue weighted by Gasteiger charge is 2.05. The maximum atomic E-state index is 6.02. The Morgan fingerprint density at radius 3 is 1.95 bits per heavy atom. The second-order valence-electron chi connectivity index (χ2n) is 4.60. The zero-order chi connectivity index (χ0) is 13.9. The molecule has 0 spiro atoms. The summed E-state index contributed by atoms with van der Waals surface area (Å²) < 4.78 is 5.64. The summed E-state index contributed by atoms with van der Waals surface area (Å²) in [5.74, 6) is 1.62. The highest BCUT2D eigenvalue weighted by molar-refractivity contribution is 7.80. The van der Waals surface area contributed by atoms with Gasteiger partial charge < -0.3 is 4.74 Å². The average molecular weight is 321 g/mol. The van der Waals surface area contributed by atoms with Crippen molar-refractivity contribution in [2.24, 2.45) is 0 Å². The molecule has 4 heteroatoms. The molecule has 0 atom stereocenters. The normalized spacial score (nSPS) is 10.7. The summed E-state index contributed by atoms with van der Waals surface area (Å²) in [6.45, 7) is 0.681. The predicted molar refractivity (Wildman–Crippen MR) is 88.1 cm³/mol. The van der Waals surface area contributed by atoms with Crippen molar-refractivity contribution < 1.29 is 4.74 Å². The third-order valence-corrected chi connectivity index (χ3v) is 3.88. The SMILES string of the molecule is SCCCCCCCCCOc1c(Cl)cccc1Cl. The van der Waals surface area contributed by atoms with E-state index in [9.17, 15) is 0 Å². The highest BCUT2D eigenvalue weighted by Crippen LogP contribution is 2.32. The van der Waals surface area contributed by atoms with Crippen molar-refractivity contribution in [3.63, 3.8) is 0 Å². The summed E-state index contributed by atoms with van der Waals surface area (Å²) in [5.41, 5.74) is 0. The standard InChI is InChI=1S/C15H22Cl2OS/c16-13-9-8-10-14(17)15(13)18-11-6-4-2-1-3-5-7-12-19/h8-10,19H,1-7,11-12H2. The van der Waals surface area contributed by atoms with E-state index in [0.29, 0.717) is 22.4 Å². The molecule has 0 aliphatic rings. The molecule has 1 nitrogen and oxygen atoms in total. The van der Waals surface area contributed by atoms with Crippen LogP contribution in [-0.4, -0.2) is 12.4 Å². The molecule has 0 fully saturated rings. The quantitative estimate of drug-likeness (QED) is 0.409. The van der Waals surface area contributed by atoms with Crippen LogP contribution in [-0.2, 0) is 0 Å². The Labute approximate surface area is 132 Å². The van der Waals surface area contributed by atoms with Crippen LogP contribution in [0.25, 0.3) is 0 Å². The van der Waals surface area contributed by atoms with Gasteiger partial charge in [0, 0.05) is 0 Å². The summed E-state index contributed by atoms with van der Waals surface area (Å²) in [6.07, 6.45) is 8.67. The molecule has 0 unspecified atom stereocenters. The van der Waals surface area contributed by atoms with Gasteiger partial charge in [-0.05, 0) is 30.7 Å². The lowest BCUT2D eigenvalue weighted by molar-refractivity contribution is 0.304. The molecule has 0 aliphatic heterocycles. The van der Waals surface area contributed by atoms with Gasteiger partial charge >= 0.3 is 0 Å². The maximum Gasteiger partial charge on any atom is 0.156 e. The van der Waals surface area contributed by atoms with Crippen molar-refractivity contribution in [1.82, 2.24) is 0 Å². The fourth-order valence-corrected chi connectivity index (χ4v) is 2.62. The van der Waals surface area contributed by atoms with Gasteiger partial charge in [0.1, 0.15) is 0 Å². The number of hydrogen-bond acceptors (Lipinski definition) is 2. The molecule has 0 saturated heterocycles. The van der Waals surface area contributed by atoms with Crippen LogP contribution in [0.5, 0.6) is 5.75 Å². The van der Waals surface area contributed by atoms with E-state index in [1.807, 2.05) is 6.07 Å². The van der Waals surface area contributed by atoms with E-state index in [1.165, 1.54) is 38.5 Å². The lowest BCUT2D eigenvalue weighted by atomic mass is 10.1. The Bertz CT molecular complexity index is 338. The largest absolute Gasteiger partial charge is 0.490 e. The number of ether oxygens (including phenoxy) is 1. The zero-order valence-electron chi connectivity index (χ0n) is 11.2. The van der Waals surface area contributed by atoms with Crippen molar-refractivity contribution in [2.75, 3.05) is 12.4 Å². The number of thiol groups is 1. The molecule has 0 saturated carbocycles. The number of halogens is 2. The summed E-state index contributed by atoms with van der Waals surface area (Å²) in [7, 11) is 0. The van der Waals surface area contributed by atoms with Gasteiger partial charge in [-0.15, -0.1) is 0 Å². The molecule has 0 amide bonds. The van der Waals surface area contributed by atoms with E-state index < -0.39 is 0 Å². The van der Waals surface area contributed by atoms with Gasteiger partial charge in [-0.2, -0.15) is 12.6 Å². The van der Waals surface area contributed by atoms with Gasteiger partial charge in [-0.25, -0.2) is 0 Å². The number of hydrogen-bond donors (Lipinski definition) is 1. The van der Waals surface area contributed by atoms with Crippen LogP contribution in [0.2, 0.25) is 10.0 Å². The first-order valence-corrected chi connectivity index (χ1v) is 8.32. The highest BCUT2D eigenvalue weighted by atomic mass is 35.5. The van der Waals surface area contributed by atoms with Crippen LogP contribution >= 0.6 is 35.8 Å². The third kappa shape index (κ3) is 7.34. The van der Waals surface area contributed by atoms with Gasteiger partial charge in [0.05, 0.1) is 16.7 Å². The minimum Gasteiger partial charge on any atom is -0.490 e. The van der Waals surface area contributed by atoms with Crippen molar-refractivity contribution in [2.45, 2.75) is 44.9 Å². The molecule has 1 aromatic carbocycles. The molecule has 0 N–H and O–H groups in total. The summed E-state index contributed by atoms with van der Waals surface area (Å²) in [6, 6.07) is 5.41. The lowest BCUT2D eigenvalue weighted by Crippen LogP contribution is -1.98. The van der Waals surface area contributed by atoms with Gasteiger partial charge in [0.25, 0.3) is 0 Å². The smallest absolute Gasteiger partial charge is 0.156 e. The topological polar surface area (TPSA) is 9.23 Å². The van der Waals surface area contributed by atoms with E-state index in [1.54, 1.807) is 12.1 Å². The molecule has 0 heterocycles. The van der Waals surface area contributed by atoms with Crippen LogP contribution in [0.4, 0.5) is 0 Å². The fraction of sp³-hybridized carbons (Fsp3) is 0.600. The second-order valence-corrected chi connectivity index (χ2v) is 5.86. The van der Waals surface area contributed by atoms with E-state index in [2.05, 4.69) is 12.6 Å². The van der Waals surface area contributed by atoms with Crippen LogP contribution in [0.15, 0.2) is 18.2 Å². The Balaban J connectivity index is 2.05. The number of unbranched alkanes of at least 4 members (excludes halogenated alkanes) is 6. The minimum atomic E-state index is 0.583. The first-order valence-electron chi connectivity index (χ1n) is 6.93. The van der Waals surface area contributed by atoms with Crippen molar-refractivity contribution in [3.05, 3.63) is 28.2 Å². The van der Waals surface area contributed by atoms with E-state index in [4.69, 9.17) is 27.9 Å². The zero-order valence-corrected chi connectivity index (χ0v) is 13.6. The third-order valence-electron chi connectivity index (χ3n) is 2.97. The number of rotatable bonds is 10. The van der Waals surface area contributed by atoms with Crippen LogP contribution in [0, 0.1) is 0 Å². The van der Waals surface area contributed by atoms with Gasteiger partial charge in [-0.1, -0.05) is 61.4 Å². The fourth-order valence-electron chi connectivity index (χ4n) is 1.89. The maximum absolute atomic E-state index is 6.02. The molecular formula is C15H22Cl2OS. The Kier molecular flexibility index (Phi) is 9.58. The van der Waals surface area contributed by atoms with Crippen LogP contribution in [0.3, 0.4) is 0 Å². The lowest BCUT2D eigenvalue weighted by Gasteiger charge is -2.09. The average Bonchev–Trinajstić information content (AvgIpc) is 2.40. The predicted octanol–water partition coefficient (Wildman–Crippen LogP) is 6.03. The van der Waals surface area contributed by atoms with Gasteiger partial charge in [-0.3, -0.25) is 0 Å². The second kappa shape index (κ2) is 10.7. The molecule has 0 bridgehead atoms. The van der Waals surface area contributed by atoms with E-state index in [0.717, 1.165) is 12.2 Å². The van der Waals surface area contributed by atoms with E-state index in [-0.39, 0.29) is 0 Å². The van der Waals surface area contributed by atoms with Crippen molar-refractivity contribution >= 4 is 35.8 Å². The molecule has 0 aromatic heterocycles. The van der Waals surface area contributed by atoms with Crippen molar-refractivity contribution in [1.29, 1.82) is 0 Å². The van der Waals surface area contributed by atoms with Crippen molar-refractivity contribution in [3.8, 4) is 5.75 Å². The Morgan fingerprint density at radius 2 is 1.37 bits per heavy atom. The molecule has 0 aliphatic carbocycles. The summed E-state index contributed by atoms with van der Waals surface area (Å²) in [5, 5.41) is 1.17. The minimum absolute atomic E-state index is 0.583. The molecule has 0 radical (unpaired) electrons. The molecule has 19 heavy (non-hydrogen) atoms. The number of para-hydroxylation sites is 1. The van der Waals surface area contributed by atoms with Crippen LogP contribution < -0.4 is 4.74 Å².